The highest BCUT2D eigenvalue weighted by atomic mass is 16.6. The number of ether oxygens (including phenoxy) is 3. The Morgan fingerprint density at radius 3 is 1.36 bits per heavy atom. The number of hydrogen-bond donors (Lipinski definition) is 0. The third-order valence-electron chi connectivity index (χ3n) is 9.95. The van der Waals surface area contributed by atoms with Crippen LogP contribution in [0, 0.1) is 0 Å². The van der Waals surface area contributed by atoms with E-state index < -0.39 is 6.10 Å². The number of carbonyl (C=O) groups excluding carboxylic acids is 2. The summed E-state index contributed by atoms with van der Waals surface area (Å²) in [7, 11) is 0. The molecule has 0 saturated heterocycles. The Morgan fingerprint density at radius 2 is 0.828 bits per heavy atom. The van der Waals surface area contributed by atoms with Gasteiger partial charge in [-0.3, -0.25) is 9.59 Å². The van der Waals surface area contributed by atoms with E-state index >= 15 is 0 Å². The van der Waals surface area contributed by atoms with Crippen LogP contribution in [0.2, 0.25) is 0 Å². The van der Waals surface area contributed by atoms with Crippen molar-refractivity contribution < 1.29 is 23.8 Å². The van der Waals surface area contributed by atoms with Crippen molar-refractivity contribution in [3.05, 3.63) is 85.1 Å². The quantitative estimate of drug-likeness (QED) is 0.0349. The van der Waals surface area contributed by atoms with Gasteiger partial charge in [0.2, 0.25) is 0 Å². The fourth-order valence-corrected chi connectivity index (χ4v) is 6.38. The predicted octanol–water partition coefficient (Wildman–Crippen LogP) is 16.1. The smallest absolute Gasteiger partial charge is 0.309 e. The fourth-order valence-electron chi connectivity index (χ4n) is 6.38. The Balaban J connectivity index is 4.23. The largest absolute Gasteiger partial charge is 0.461 e. The highest BCUT2D eigenvalue weighted by Crippen LogP contribution is 2.13. The van der Waals surface area contributed by atoms with Gasteiger partial charge in [0, 0.05) is 13.0 Å². The van der Waals surface area contributed by atoms with E-state index in [-0.39, 0.29) is 31.6 Å². The summed E-state index contributed by atoms with van der Waals surface area (Å²) in [6, 6.07) is 0. The van der Waals surface area contributed by atoms with Gasteiger partial charge in [0.25, 0.3) is 0 Å². The molecule has 0 radical (unpaired) electrons. The van der Waals surface area contributed by atoms with Crippen molar-refractivity contribution >= 4 is 11.9 Å². The highest BCUT2D eigenvalue weighted by Gasteiger charge is 2.17. The number of unbranched alkanes of at least 4 members (excludes halogenated alkanes) is 19. The normalized spacial score (nSPS) is 12.9. The Labute approximate surface area is 359 Å². The zero-order valence-electron chi connectivity index (χ0n) is 38.0. The molecule has 0 aliphatic heterocycles. The maximum absolute atomic E-state index is 12.6. The molecule has 0 aromatic rings. The van der Waals surface area contributed by atoms with Gasteiger partial charge in [0.1, 0.15) is 6.61 Å². The molecule has 0 aliphatic carbocycles. The molecule has 0 aliphatic rings. The van der Waals surface area contributed by atoms with Gasteiger partial charge >= 0.3 is 11.9 Å². The molecule has 0 spiro atoms. The number of allylic oxidation sites excluding steroid dienone is 13. The second kappa shape index (κ2) is 48.4. The minimum atomic E-state index is -0.576. The van der Waals surface area contributed by atoms with Crippen LogP contribution in [0.15, 0.2) is 85.1 Å². The van der Waals surface area contributed by atoms with Crippen LogP contribution in [-0.4, -0.2) is 37.9 Å². The van der Waals surface area contributed by atoms with Crippen molar-refractivity contribution in [1.82, 2.24) is 0 Å². The van der Waals surface area contributed by atoms with Gasteiger partial charge in [0.05, 0.1) is 13.0 Å². The van der Waals surface area contributed by atoms with Crippen LogP contribution >= 0.6 is 0 Å². The first-order chi connectivity index (χ1) is 28.6. The number of esters is 2. The van der Waals surface area contributed by atoms with Crippen molar-refractivity contribution in [3.63, 3.8) is 0 Å². The van der Waals surface area contributed by atoms with Crippen molar-refractivity contribution in [2.75, 3.05) is 19.8 Å². The first-order valence-electron chi connectivity index (χ1n) is 24.1. The monoisotopic (exact) mass is 807 g/mol. The number of carbonyl (C=O) groups is 2. The van der Waals surface area contributed by atoms with Gasteiger partial charge in [-0.05, 0) is 77.0 Å². The van der Waals surface area contributed by atoms with Crippen LogP contribution in [-0.2, 0) is 23.8 Å². The minimum absolute atomic E-state index is 0.0276. The zero-order valence-corrected chi connectivity index (χ0v) is 38.0. The van der Waals surface area contributed by atoms with E-state index in [1.54, 1.807) is 0 Å². The summed E-state index contributed by atoms with van der Waals surface area (Å²) < 4.78 is 17.2. The molecule has 1 atom stereocenters. The molecule has 5 heteroatoms. The van der Waals surface area contributed by atoms with Gasteiger partial charge in [-0.25, -0.2) is 0 Å². The first-order valence-corrected chi connectivity index (χ1v) is 24.1. The molecule has 0 amide bonds. The summed E-state index contributed by atoms with van der Waals surface area (Å²) in [5, 5.41) is 0. The summed E-state index contributed by atoms with van der Waals surface area (Å²) in [6.45, 7) is 7.53. The molecule has 0 fully saturated rings. The third-order valence-corrected chi connectivity index (χ3v) is 9.95. The zero-order chi connectivity index (χ0) is 42.1. The van der Waals surface area contributed by atoms with Crippen molar-refractivity contribution in [3.8, 4) is 0 Å². The Hall–Kier alpha value is -2.92. The van der Waals surface area contributed by atoms with Crippen LogP contribution in [0.25, 0.3) is 0 Å². The highest BCUT2D eigenvalue weighted by molar-refractivity contribution is 5.71. The Morgan fingerprint density at radius 1 is 0.414 bits per heavy atom. The average Bonchev–Trinajstić information content (AvgIpc) is 3.22. The van der Waals surface area contributed by atoms with Gasteiger partial charge in [-0.1, -0.05) is 209 Å². The van der Waals surface area contributed by atoms with E-state index in [0.717, 1.165) is 70.6 Å². The summed E-state index contributed by atoms with van der Waals surface area (Å²) in [5.41, 5.74) is 0. The SMILES string of the molecule is CC/C=C\C/C=C\C/C=C\C/C=C\C/C=C\CC(=O)OCC(COCCCCCCCCCCCC/C=C\C/C=C\CCCCC)OC(=O)CCCCCCCCC. The number of hydrogen-bond acceptors (Lipinski definition) is 5. The summed E-state index contributed by atoms with van der Waals surface area (Å²) in [4.78, 5) is 25.1. The molecule has 0 aromatic heterocycles. The third kappa shape index (κ3) is 45.8. The van der Waals surface area contributed by atoms with E-state index in [1.807, 2.05) is 12.2 Å². The van der Waals surface area contributed by atoms with E-state index in [2.05, 4.69) is 93.7 Å². The molecule has 58 heavy (non-hydrogen) atoms. The molecule has 0 rings (SSSR count). The first kappa shape index (κ1) is 55.1. The van der Waals surface area contributed by atoms with Crippen LogP contribution < -0.4 is 0 Å². The van der Waals surface area contributed by atoms with Crippen LogP contribution in [0.5, 0.6) is 0 Å². The maximum Gasteiger partial charge on any atom is 0.309 e. The van der Waals surface area contributed by atoms with Crippen molar-refractivity contribution in [1.29, 1.82) is 0 Å². The van der Waals surface area contributed by atoms with E-state index in [4.69, 9.17) is 14.2 Å². The van der Waals surface area contributed by atoms with E-state index in [9.17, 15) is 9.59 Å². The maximum atomic E-state index is 12.6. The van der Waals surface area contributed by atoms with Gasteiger partial charge in [-0.2, -0.15) is 0 Å². The van der Waals surface area contributed by atoms with Crippen LogP contribution in [0.3, 0.4) is 0 Å². The molecular weight excluding hydrogens is 717 g/mol. The minimum Gasteiger partial charge on any atom is -0.461 e. The Bertz CT molecular complexity index is 1090. The number of rotatable bonds is 43. The Kier molecular flexibility index (Phi) is 46.0. The molecule has 1 unspecified atom stereocenters. The molecule has 0 N–H and O–H groups in total. The predicted molar refractivity (Wildman–Crippen MR) is 251 cm³/mol. The molecule has 0 aromatic carbocycles. The van der Waals surface area contributed by atoms with Gasteiger partial charge in [0.15, 0.2) is 6.10 Å². The summed E-state index contributed by atoms with van der Waals surface area (Å²) in [5.74, 6) is -0.553. The lowest BCUT2D eigenvalue weighted by atomic mass is 10.1. The molecule has 0 saturated carbocycles. The molecule has 0 bridgehead atoms. The van der Waals surface area contributed by atoms with Crippen LogP contribution in [0.4, 0.5) is 0 Å². The lowest BCUT2D eigenvalue weighted by Gasteiger charge is -2.18. The standard InChI is InChI=1S/C53H90O5/c1-4-7-10-13-16-18-20-22-24-25-26-27-28-30-32-34-36-39-42-45-48-56-49-51(58-53(55)47-44-41-37-15-12-9-6-3)50-57-52(54)46-43-40-38-35-33-31-29-23-21-19-17-14-11-8-5-2/h8,11,16-19,22-24,29,33,35,40,43,51H,4-7,9-10,12-15,20-21,25-28,30-32,34,36-39,41-42,44-50H2,1-3H3/b11-8-,18-16-,19-17-,24-22-,29-23-,35-33-,43-40-. The van der Waals surface area contributed by atoms with Gasteiger partial charge < -0.3 is 14.2 Å². The topological polar surface area (TPSA) is 61.8 Å². The fraction of sp³-hybridized carbons (Fsp3) is 0.698. The van der Waals surface area contributed by atoms with E-state index in [1.165, 1.54) is 109 Å². The molecule has 5 nitrogen and oxygen atoms in total. The van der Waals surface area contributed by atoms with Crippen molar-refractivity contribution in [2.45, 2.75) is 219 Å². The van der Waals surface area contributed by atoms with Crippen molar-refractivity contribution in [2.24, 2.45) is 0 Å². The molecule has 332 valence electrons. The summed E-state index contributed by atoms with van der Waals surface area (Å²) in [6.07, 6.45) is 63.4. The average molecular weight is 807 g/mol. The van der Waals surface area contributed by atoms with Crippen LogP contribution in [0.1, 0.15) is 213 Å². The second-order valence-electron chi connectivity index (χ2n) is 15.7. The lowest BCUT2D eigenvalue weighted by molar-refractivity contribution is -0.162. The van der Waals surface area contributed by atoms with Gasteiger partial charge in [-0.15, -0.1) is 0 Å². The molecular formula is C53H90O5. The second-order valence-corrected chi connectivity index (χ2v) is 15.7. The summed E-state index contributed by atoms with van der Waals surface area (Å²) >= 11 is 0. The van der Waals surface area contributed by atoms with E-state index in [0.29, 0.717) is 13.0 Å². The molecule has 0 heterocycles. The lowest BCUT2D eigenvalue weighted by Crippen LogP contribution is -2.30.